The smallest absolute Gasteiger partial charge is 0.126 e. The number of nitrogens with one attached hydrogen (secondary N) is 1. The van der Waals surface area contributed by atoms with Gasteiger partial charge < -0.3 is 5.32 Å². The lowest BCUT2D eigenvalue weighted by molar-refractivity contribution is 0.354. The molecule has 16 heavy (non-hydrogen) atoms. The minimum Gasteiger partial charge on any atom is -0.313 e. The van der Waals surface area contributed by atoms with Crippen LogP contribution in [0.4, 0.5) is 4.39 Å². The van der Waals surface area contributed by atoms with Crippen molar-refractivity contribution in [1.29, 1.82) is 0 Å². The molecule has 0 heterocycles. The van der Waals surface area contributed by atoms with Crippen LogP contribution < -0.4 is 5.32 Å². The highest BCUT2D eigenvalue weighted by Gasteiger charge is 2.23. The van der Waals surface area contributed by atoms with Gasteiger partial charge in [0, 0.05) is 6.04 Å². The molecule has 0 fully saturated rings. The van der Waals surface area contributed by atoms with E-state index in [-0.39, 0.29) is 11.7 Å². The molecule has 0 aliphatic heterocycles. The van der Waals surface area contributed by atoms with E-state index in [0.717, 1.165) is 12.1 Å². The molecular formula is C14H22FN. The zero-order valence-electron chi connectivity index (χ0n) is 10.6. The van der Waals surface area contributed by atoms with Gasteiger partial charge in [0.1, 0.15) is 5.82 Å². The summed E-state index contributed by atoms with van der Waals surface area (Å²) in [7, 11) is 0. The summed E-state index contributed by atoms with van der Waals surface area (Å²) < 4.78 is 13.7. The van der Waals surface area contributed by atoms with E-state index in [1.165, 1.54) is 6.07 Å². The van der Waals surface area contributed by atoms with Crippen LogP contribution in [0.1, 0.15) is 39.2 Å². The summed E-state index contributed by atoms with van der Waals surface area (Å²) in [6.45, 7) is 9.44. The number of hydrogen-bond donors (Lipinski definition) is 1. The SMILES string of the molecule is CCNC(C(C)C)C(C)c1ccccc1F. The van der Waals surface area contributed by atoms with Gasteiger partial charge in [0.05, 0.1) is 0 Å². The highest BCUT2D eigenvalue weighted by atomic mass is 19.1. The molecule has 0 spiro atoms. The summed E-state index contributed by atoms with van der Waals surface area (Å²) in [5.74, 6) is 0.592. The average Bonchev–Trinajstić information content (AvgIpc) is 2.25. The first-order valence-corrected chi connectivity index (χ1v) is 6.05. The highest BCUT2D eigenvalue weighted by molar-refractivity contribution is 5.22. The molecule has 0 saturated carbocycles. The van der Waals surface area contributed by atoms with Gasteiger partial charge in [-0.1, -0.05) is 45.9 Å². The fourth-order valence-electron chi connectivity index (χ4n) is 2.26. The predicted molar refractivity (Wildman–Crippen MR) is 67.1 cm³/mol. The molecule has 2 unspecified atom stereocenters. The molecule has 2 atom stereocenters. The van der Waals surface area contributed by atoms with Crippen molar-refractivity contribution in [1.82, 2.24) is 5.32 Å². The molecule has 0 aliphatic carbocycles. The van der Waals surface area contributed by atoms with Gasteiger partial charge in [-0.25, -0.2) is 4.39 Å². The van der Waals surface area contributed by atoms with Crippen molar-refractivity contribution in [3.8, 4) is 0 Å². The summed E-state index contributed by atoms with van der Waals surface area (Å²) in [6.07, 6.45) is 0. The van der Waals surface area contributed by atoms with Gasteiger partial charge >= 0.3 is 0 Å². The number of halogens is 1. The van der Waals surface area contributed by atoms with E-state index < -0.39 is 0 Å². The lowest BCUT2D eigenvalue weighted by atomic mass is 9.86. The quantitative estimate of drug-likeness (QED) is 0.804. The Morgan fingerprint density at radius 2 is 1.81 bits per heavy atom. The van der Waals surface area contributed by atoms with Gasteiger partial charge in [-0.05, 0) is 30.0 Å². The zero-order valence-corrected chi connectivity index (χ0v) is 10.6. The van der Waals surface area contributed by atoms with Gasteiger partial charge in [-0.15, -0.1) is 0 Å². The Bertz CT molecular complexity index is 322. The van der Waals surface area contributed by atoms with Crippen molar-refractivity contribution in [3.63, 3.8) is 0 Å². The largest absolute Gasteiger partial charge is 0.313 e. The first-order valence-electron chi connectivity index (χ1n) is 6.05. The molecule has 0 aliphatic rings. The standard InChI is InChI=1S/C14H22FN/c1-5-16-14(10(2)3)11(4)12-8-6-7-9-13(12)15/h6-11,14,16H,5H2,1-4H3. The van der Waals surface area contributed by atoms with Crippen LogP contribution in [0.3, 0.4) is 0 Å². The van der Waals surface area contributed by atoms with E-state index in [2.05, 4.69) is 33.0 Å². The Kier molecular flexibility index (Phi) is 4.94. The predicted octanol–water partition coefficient (Wildman–Crippen LogP) is 3.56. The maximum atomic E-state index is 13.7. The third-order valence-electron chi connectivity index (χ3n) is 3.09. The lowest BCUT2D eigenvalue weighted by Gasteiger charge is -2.28. The van der Waals surface area contributed by atoms with Crippen molar-refractivity contribution in [2.24, 2.45) is 5.92 Å². The van der Waals surface area contributed by atoms with Crippen molar-refractivity contribution in [2.75, 3.05) is 6.54 Å². The summed E-state index contributed by atoms with van der Waals surface area (Å²) in [5.41, 5.74) is 0.808. The van der Waals surface area contributed by atoms with Crippen molar-refractivity contribution >= 4 is 0 Å². The van der Waals surface area contributed by atoms with E-state index in [4.69, 9.17) is 0 Å². The molecule has 1 aromatic rings. The highest BCUT2D eigenvalue weighted by Crippen LogP contribution is 2.25. The van der Waals surface area contributed by atoms with Gasteiger partial charge in [0.15, 0.2) is 0 Å². The molecule has 1 N–H and O–H groups in total. The van der Waals surface area contributed by atoms with Crippen LogP contribution in [0.15, 0.2) is 24.3 Å². The van der Waals surface area contributed by atoms with Gasteiger partial charge in [-0.3, -0.25) is 0 Å². The van der Waals surface area contributed by atoms with Crippen LogP contribution in [0.5, 0.6) is 0 Å². The molecule has 90 valence electrons. The van der Waals surface area contributed by atoms with E-state index in [1.54, 1.807) is 6.07 Å². The number of likely N-dealkylation sites (N-methyl/N-ethyl adjacent to an activating group) is 1. The lowest BCUT2D eigenvalue weighted by Crippen LogP contribution is -2.38. The fraction of sp³-hybridized carbons (Fsp3) is 0.571. The van der Waals surface area contributed by atoms with Crippen LogP contribution >= 0.6 is 0 Å². The summed E-state index contributed by atoms with van der Waals surface area (Å²) in [4.78, 5) is 0. The zero-order chi connectivity index (χ0) is 12.1. The van der Waals surface area contributed by atoms with Crippen LogP contribution in [0.25, 0.3) is 0 Å². The van der Waals surface area contributed by atoms with Crippen molar-refractivity contribution < 1.29 is 4.39 Å². The monoisotopic (exact) mass is 223 g/mol. The molecule has 0 bridgehead atoms. The van der Waals surface area contributed by atoms with Crippen LogP contribution in [0.2, 0.25) is 0 Å². The normalized spacial score (nSPS) is 15.1. The summed E-state index contributed by atoms with van der Waals surface area (Å²) in [5, 5.41) is 3.44. The third kappa shape index (κ3) is 3.05. The Morgan fingerprint density at radius 3 is 2.31 bits per heavy atom. The van der Waals surface area contributed by atoms with Gasteiger partial charge in [-0.2, -0.15) is 0 Å². The topological polar surface area (TPSA) is 12.0 Å². The summed E-state index contributed by atoms with van der Waals surface area (Å²) in [6, 6.07) is 7.38. The molecule has 0 amide bonds. The molecule has 1 nitrogen and oxygen atoms in total. The first-order chi connectivity index (χ1) is 7.57. The molecule has 1 rings (SSSR count). The maximum absolute atomic E-state index is 13.7. The third-order valence-corrected chi connectivity index (χ3v) is 3.09. The van der Waals surface area contributed by atoms with E-state index in [9.17, 15) is 4.39 Å². The molecule has 0 radical (unpaired) electrons. The average molecular weight is 223 g/mol. The van der Waals surface area contributed by atoms with Gasteiger partial charge in [0.25, 0.3) is 0 Å². The second-order valence-electron chi connectivity index (χ2n) is 4.64. The Hall–Kier alpha value is -0.890. The minimum atomic E-state index is -0.0986. The molecule has 1 aromatic carbocycles. The fourth-order valence-corrected chi connectivity index (χ4v) is 2.26. The molecule has 0 saturated heterocycles. The van der Waals surface area contributed by atoms with E-state index >= 15 is 0 Å². The summed E-state index contributed by atoms with van der Waals surface area (Å²) >= 11 is 0. The maximum Gasteiger partial charge on any atom is 0.126 e. The Labute approximate surface area is 98.1 Å². The second kappa shape index (κ2) is 6.00. The molecule has 0 aromatic heterocycles. The molecular weight excluding hydrogens is 201 g/mol. The number of rotatable bonds is 5. The number of benzene rings is 1. The Balaban J connectivity index is 2.90. The molecule has 2 heteroatoms. The Morgan fingerprint density at radius 1 is 1.19 bits per heavy atom. The second-order valence-corrected chi connectivity index (χ2v) is 4.64. The van der Waals surface area contributed by atoms with Crippen LogP contribution in [-0.2, 0) is 0 Å². The minimum absolute atomic E-state index is 0.0986. The van der Waals surface area contributed by atoms with E-state index in [0.29, 0.717) is 12.0 Å². The van der Waals surface area contributed by atoms with Crippen molar-refractivity contribution in [2.45, 2.75) is 39.7 Å². The number of hydrogen-bond acceptors (Lipinski definition) is 1. The van der Waals surface area contributed by atoms with Crippen molar-refractivity contribution in [3.05, 3.63) is 35.6 Å². The first kappa shape index (κ1) is 13.2. The van der Waals surface area contributed by atoms with Crippen LogP contribution in [0, 0.1) is 11.7 Å². The van der Waals surface area contributed by atoms with E-state index in [1.807, 2.05) is 12.1 Å². The van der Waals surface area contributed by atoms with Crippen LogP contribution in [-0.4, -0.2) is 12.6 Å². The van der Waals surface area contributed by atoms with Gasteiger partial charge in [0.2, 0.25) is 0 Å².